The normalized spacial score (nSPS) is 15.8. The largest absolute Gasteiger partial charge is 0.376 e. The van der Waals surface area contributed by atoms with Crippen molar-refractivity contribution >= 4 is 23.0 Å². The maximum atomic E-state index is 6.23. The van der Waals surface area contributed by atoms with Crippen LogP contribution in [0.1, 0.15) is 12.8 Å². The van der Waals surface area contributed by atoms with Crippen LogP contribution in [0.15, 0.2) is 18.2 Å². The molecular formula is C12H17ClN2. The lowest BCUT2D eigenvalue weighted by molar-refractivity contribution is 0.949. The quantitative estimate of drug-likeness (QED) is 0.762. The van der Waals surface area contributed by atoms with E-state index in [0.29, 0.717) is 0 Å². The van der Waals surface area contributed by atoms with Crippen molar-refractivity contribution in [3.05, 3.63) is 23.2 Å². The first kappa shape index (κ1) is 10.6. The number of hydrogen-bond donors (Lipinski definition) is 0. The van der Waals surface area contributed by atoms with E-state index in [0.717, 1.165) is 23.8 Å². The summed E-state index contributed by atoms with van der Waals surface area (Å²) in [4.78, 5) is 4.43. The lowest BCUT2D eigenvalue weighted by Gasteiger charge is -2.20. The van der Waals surface area contributed by atoms with Crippen molar-refractivity contribution in [1.29, 1.82) is 0 Å². The topological polar surface area (TPSA) is 6.48 Å². The predicted octanol–water partition coefficient (Wildman–Crippen LogP) is 3.01. The number of nitrogens with zero attached hydrogens (tertiary/aromatic N) is 2. The Hall–Kier alpha value is -0.890. The SMILES string of the molecule is CN(C)c1ccc(N2CCCC2)cc1Cl. The summed E-state index contributed by atoms with van der Waals surface area (Å²) in [6.07, 6.45) is 2.60. The molecule has 1 aromatic carbocycles. The summed E-state index contributed by atoms with van der Waals surface area (Å²) < 4.78 is 0. The zero-order valence-corrected chi connectivity index (χ0v) is 10.1. The number of anilines is 2. The molecule has 2 rings (SSSR count). The van der Waals surface area contributed by atoms with E-state index >= 15 is 0 Å². The van der Waals surface area contributed by atoms with Crippen LogP contribution >= 0.6 is 11.6 Å². The standard InChI is InChI=1S/C12H17ClN2/c1-14(2)12-6-5-10(9-11(12)13)15-7-3-4-8-15/h5-6,9H,3-4,7-8H2,1-2H3. The second-order valence-corrected chi connectivity index (χ2v) is 4.63. The lowest BCUT2D eigenvalue weighted by Crippen LogP contribution is -2.18. The van der Waals surface area contributed by atoms with Crippen LogP contribution in [-0.2, 0) is 0 Å². The molecule has 0 aromatic heterocycles. The summed E-state index contributed by atoms with van der Waals surface area (Å²) in [7, 11) is 4.02. The fraction of sp³-hybridized carbons (Fsp3) is 0.500. The molecule has 1 aromatic rings. The Labute approximate surface area is 96.4 Å². The minimum Gasteiger partial charge on any atom is -0.376 e. The van der Waals surface area contributed by atoms with E-state index in [1.165, 1.54) is 18.5 Å². The maximum absolute atomic E-state index is 6.23. The van der Waals surface area contributed by atoms with E-state index in [1.54, 1.807) is 0 Å². The summed E-state index contributed by atoms with van der Waals surface area (Å²) in [5.74, 6) is 0. The van der Waals surface area contributed by atoms with E-state index < -0.39 is 0 Å². The molecule has 3 heteroatoms. The van der Waals surface area contributed by atoms with Gasteiger partial charge in [-0.25, -0.2) is 0 Å². The minimum atomic E-state index is 0.837. The van der Waals surface area contributed by atoms with Gasteiger partial charge in [0, 0.05) is 32.9 Å². The molecule has 0 radical (unpaired) electrons. The molecule has 0 N–H and O–H groups in total. The Morgan fingerprint density at radius 1 is 1.20 bits per heavy atom. The second-order valence-electron chi connectivity index (χ2n) is 4.22. The van der Waals surface area contributed by atoms with Gasteiger partial charge in [-0.2, -0.15) is 0 Å². The fourth-order valence-electron chi connectivity index (χ4n) is 2.03. The zero-order chi connectivity index (χ0) is 10.8. The van der Waals surface area contributed by atoms with Crippen molar-refractivity contribution in [2.24, 2.45) is 0 Å². The Morgan fingerprint density at radius 2 is 1.87 bits per heavy atom. The highest BCUT2D eigenvalue weighted by molar-refractivity contribution is 6.33. The van der Waals surface area contributed by atoms with Gasteiger partial charge in [0.05, 0.1) is 10.7 Å². The van der Waals surface area contributed by atoms with Gasteiger partial charge in [-0.1, -0.05) is 11.6 Å². The van der Waals surface area contributed by atoms with Gasteiger partial charge in [0.25, 0.3) is 0 Å². The third kappa shape index (κ3) is 2.20. The van der Waals surface area contributed by atoms with Crippen LogP contribution in [0.3, 0.4) is 0 Å². The van der Waals surface area contributed by atoms with Crippen LogP contribution in [0, 0.1) is 0 Å². The predicted molar refractivity (Wildman–Crippen MR) is 67.2 cm³/mol. The van der Waals surface area contributed by atoms with Gasteiger partial charge in [-0.3, -0.25) is 0 Å². The van der Waals surface area contributed by atoms with Crippen molar-refractivity contribution < 1.29 is 0 Å². The first-order valence-electron chi connectivity index (χ1n) is 5.40. The third-order valence-electron chi connectivity index (χ3n) is 2.88. The monoisotopic (exact) mass is 224 g/mol. The summed E-state index contributed by atoms with van der Waals surface area (Å²) in [5, 5.41) is 0.837. The van der Waals surface area contributed by atoms with Gasteiger partial charge in [0.15, 0.2) is 0 Å². The van der Waals surface area contributed by atoms with Crippen molar-refractivity contribution in [3.8, 4) is 0 Å². The number of halogens is 1. The molecule has 1 fully saturated rings. The van der Waals surface area contributed by atoms with E-state index in [-0.39, 0.29) is 0 Å². The summed E-state index contributed by atoms with van der Waals surface area (Å²) in [5.41, 5.74) is 2.34. The average molecular weight is 225 g/mol. The smallest absolute Gasteiger partial charge is 0.0659 e. The first-order valence-corrected chi connectivity index (χ1v) is 5.78. The molecule has 1 aliphatic heterocycles. The van der Waals surface area contributed by atoms with Gasteiger partial charge >= 0.3 is 0 Å². The van der Waals surface area contributed by atoms with Gasteiger partial charge in [0.1, 0.15) is 0 Å². The average Bonchev–Trinajstić information content (AvgIpc) is 2.69. The van der Waals surface area contributed by atoms with Crippen LogP contribution in [0.2, 0.25) is 5.02 Å². The van der Waals surface area contributed by atoms with Gasteiger partial charge < -0.3 is 9.80 Å². The second kappa shape index (κ2) is 4.31. The molecule has 0 amide bonds. The van der Waals surface area contributed by atoms with Crippen LogP contribution in [0.25, 0.3) is 0 Å². The summed E-state index contributed by atoms with van der Waals surface area (Å²) >= 11 is 6.23. The molecular weight excluding hydrogens is 208 g/mol. The van der Waals surface area contributed by atoms with Crippen molar-refractivity contribution in [2.45, 2.75) is 12.8 Å². The fourth-order valence-corrected chi connectivity index (χ4v) is 2.37. The van der Waals surface area contributed by atoms with Crippen LogP contribution < -0.4 is 9.80 Å². The molecule has 1 aliphatic rings. The van der Waals surface area contributed by atoms with Crippen molar-refractivity contribution in [3.63, 3.8) is 0 Å². The molecule has 0 saturated carbocycles. The Morgan fingerprint density at radius 3 is 2.40 bits per heavy atom. The maximum Gasteiger partial charge on any atom is 0.0659 e. The van der Waals surface area contributed by atoms with Gasteiger partial charge in [-0.15, -0.1) is 0 Å². The summed E-state index contributed by atoms with van der Waals surface area (Å²) in [6, 6.07) is 6.32. The molecule has 0 aliphatic carbocycles. The van der Waals surface area contributed by atoms with Crippen molar-refractivity contribution in [2.75, 3.05) is 37.0 Å². The first-order chi connectivity index (χ1) is 7.18. The zero-order valence-electron chi connectivity index (χ0n) is 9.33. The van der Waals surface area contributed by atoms with E-state index in [9.17, 15) is 0 Å². The molecule has 0 unspecified atom stereocenters. The van der Waals surface area contributed by atoms with E-state index in [2.05, 4.69) is 23.1 Å². The summed E-state index contributed by atoms with van der Waals surface area (Å²) in [6.45, 7) is 2.33. The van der Waals surface area contributed by atoms with Crippen LogP contribution in [0.4, 0.5) is 11.4 Å². The number of rotatable bonds is 2. The van der Waals surface area contributed by atoms with Gasteiger partial charge in [-0.05, 0) is 31.0 Å². The lowest BCUT2D eigenvalue weighted by atomic mass is 10.2. The van der Waals surface area contributed by atoms with Crippen LogP contribution in [-0.4, -0.2) is 27.2 Å². The van der Waals surface area contributed by atoms with E-state index in [1.807, 2.05) is 19.0 Å². The molecule has 0 atom stereocenters. The molecule has 15 heavy (non-hydrogen) atoms. The molecule has 1 heterocycles. The Kier molecular flexibility index (Phi) is 3.06. The molecule has 82 valence electrons. The highest BCUT2D eigenvalue weighted by Crippen LogP contribution is 2.30. The van der Waals surface area contributed by atoms with Gasteiger partial charge in [0.2, 0.25) is 0 Å². The molecule has 0 spiro atoms. The Balaban J connectivity index is 2.24. The third-order valence-corrected chi connectivity index (χ3v) is 3.19. The van der Waals surface area contributed by atoms with Crippen LogP contribution in [0.5, 0.6) is 0 Å². The number of benzene rings is 1. The highest BCUT2D eigenvalue weighted by atomic mass is 35.5. The molecule has 0 bridgehead atoms. The molecule has 1 saturated heterocycles. The van der Waals surface area contributed by atoms with E-state index in [4.69, 9.17) is 11.6 Å². The highest BCUT2D eigenvalue weighted by Gasteiger charge is 2.13. The van der Waals surface area contributed by atoms with Crippen molar-refractivity contribution in [1.82, 2.24) is 0 Å². The minimum absolute atomic E-state index is 0.837. The number of hydrogen-bond acceptors (Lipinski definition) is 2. The Bertz CT molecular complexity index is 343. The molecule has 2 nitrogen and oxygen atoms in total.